The molecule has 0 aliphatic rings. The van der Waals surface area contributed by atoms with Crippen molar-refractivity contribution in [2.75, 3.05) is 6.61 Å². The number of benzene rings is 2. The maximum absolute atomic E-state index is 12.3. The van der Waals surface area contributed by atoms with Crippen LogP contribution in [0, 0.1) is 0 Å². The van der Waals surface area contributed by atoms with Gasteiger partial charge in [-0.25, -0.2) is 0 Å². The zero-order chi connectivity index (χ0) is 18.4. The Hall–Kier alpha value is -2.23. The van der Waals surface area contributed by atoms with Crippen molar-refractivity contribution in [3.05, 3.63) is 75.3 Å². The van der Waals surface area contributed by atoms with Crippen LogP contribution in [-0.2, 0) is 0 Å². The number of phenolic OH excluding ortho intramolecular Hbond substituents is 1. The summed E-state index contributed by atoms with van der Waals surface area (Å²) >= 11 is 12.0. The lowest BCUT2D eigenvalue weighted by atomic mass is 10.1. The number of rotatable bonds is 6. The molecule has 0 fully saturated rings. The van der Waals surface area contributed by atoms with E-state index in [2.05, 4.69) is 0 Å². The Bertz CT molecular complexity index is 835. The van der Waals surface area contributed by atoms with Crippen molar-refractivity contribution in [2.45, 2.75) is 13.8 Å². The Morgan fingerprint density at radius 3 is 2.64 bits per heavy atom. The van der Waals surface area contributed by atoms with Gasteiger partial charge in [0.1, 0.15) is 18.1 Å². The molecule has 0 saturated heterocycles. The van der Waals surface area contributed by atoms with Gasteiger partial charge in [-0.15, -0.1) is 0 Å². The summed E-state index contributed by atoms with van der Waals surface area (Å²) in [5, 5.41) is 10.9. The van der Waals surface area contributed by atoms with Crippen molar-refractivity contribution in [1.29, 1.82) is 0 Å². The summed E-state index contributed by atoms with van der Waals surface area (Å²) in [4.78, 5) is 12.3. The van der Waals surface area contributed by atoms with Crippen LogP contribution in [0.1, 0.15) is 29.8 Å². The van der Waals surface area contributed by atoms with Crippen molar-refractivity contribution < 1.29 is 14.6 Å². The quantitative estimate of drug-likeness (QED) is 0.385. The highest BCUT2D eigenvalue weighted by molar-refractivity contribution is 6.42. The topological polar surface area (TPSA) is 46.5 Å². The molecule has 0 aliphatic carbocycles. The van der Waals surface area contributed by atoms with E-state index in [9.17, 15) is 9.90 Å². The molecule has 3 nitrogen and oxygen atoms in total. The van der Waals surface area contributed by atoms with E-state index in [1.165, 1.54) is 18.2 Å². The minimum atomic E-state index is -0.343. The van der Waals surface area contributed by atoms with E-state index in [0.717, 1.165) is 5.57 Å². The van der Waals surface area contributed by atoms with Gasteiger partial charge in [0.05, 0.1) is 15.6 Å². The van der Waals surface area contributed by atoms with Crippen LogP contribution in [0.15, 0.2) is 54.1 Å². The highest BCUT2D eigenvalue weighted by Gasteiger charge is 2.10. The highest BCUT2D eigenvalue weighted by atomic mass is 35.5. The van der Waals surface area contributed by atoms with Gasteiger partial charge >= 0.3 is 0 Å². The molecule has 0 atom stereocenters. The normalized spacial score (nSPS) is 10.7. The van der Waals surface area contributed by atoms with Crippen LogP contribution in [-0.4, -0.2) is 17.5 Å². The predicted molar refractivity (Wildman–Crippen MR) is 103 cm³/mol. The van der Waals surface area contributed by atoms with Gasteiger partial charge in [-0.2, -0.15) is 0 Å². The number of carbonyl (C=O) groups excluding carboxylic acids is 1. The van der Waals surface area contributed by atoms with Crippen LogP contribution in [0.25, 0.3) is 6.08 Å². The van der Waals surface area contributed by atoms with E-state index in [1.54, 1.807) is 30.3 Å². The second kappa shape index (κ2) is 8.75. The summed E-state index contributed by atoms with van der Waals surface area (Å²) in [6.45, 7) is 4.35. The Labute approximate surface area is 157 Å². The molecule has 0 heterocycles. The molecule has 130 valence electrons. The summed E-state index contributed by atoms with van der Waals surface area (Å²) in [5.74, 6) is 0.0133. The van der Waals surface area contributed by atoms with Crippen LogP contribution >= 0.6 is 23.2 Å². The molecule has 0 saturated carbocycles. The van der Waals surface area contributed by atoms with Crippen LogP contribution in [0.2, 0.25) is 10.0 Å². The summed E-state index contributed by atoms with van der Waals surface area (Å²) in [7, 11) is 0. The van der Waals surface area contributed by atoms with Crippen molar-refractivity contribution in [3.8, 4) is 11.5 Å². The molecule has 25 heavy (non-hydrogen) atoms. The monoisotopic (exact) mass is 376 g/mol. The van der Waals surface area contributed by atoms with E-state index < -0.39 is 0 Å². The molecule has 2 rings (SSSR count). The molecule has 1 N–H and O–H groups in total. The van der Waals surface area contributed by atoms with Crippen LogP contribution in [0.5, 0.6) is 11.5 Å². The number of hydrogen-bond acceptors (Lipinski definition) is 3. The first kappa shape index (κ1) is 19.1. The molecule has 2 aromatic rings. The van der Waals surface area contributed by atoms with Gasteiger partial charge in [-0.05, 0) is 55.8 Å². The van der Waals surface area contributed by atoms with Gasteiger partial charge in [0, 0.05) is 6.07 Å². The standard InChI is InChI=1S/C20H18Cl2O3/c1-13(2)10-11-25-15-7-8-16(19(24)12-15)18(23)9-6-14-4-3-5-17(21)20(14)22/h3-10,12,24H,11H2,1-2H3/b9-6+. The number of aromatic hydroxyl groups is 1. The first-order valence-corrected chi connectivity index (χ1v) is 8.39. The van der Waals surface area contributed by atoms with Gasteiger partial charge in [0.25, 0.3) is 0 Å². The second-order valence-electron chi connectivity index (χ2n) is 5.61. The lowest BCUT2D eigenvalue weighted by molar-refractivity contribution is 0.104. The Morgan fingerprint density at radius 1 is 1.20 bits per heavy atom. The molecule has 0 unspecified atom stereocenters. The van der Waals surface area contributed by atoms with Crippen molar-refractivity contribution >= 4 is 35.1 Å². The fourth-order valence-corrected chi connectivity index (χ4v) is 2.39. The number of allylic oxidation sites excluding steroid dienone is 2. The van der Waals surface area contributed by atoms with Crippen LogP contribution in [0.4, 0.5) is 0 Å². The average Bonchev–Trinajstić information content (AvgIpc) is 2.56. The average molecular weight is 377 g/mol. The van der Waals surface area contributed by atoms with E-state index in [0.29, 0.717) is 28.0 Å². The molecule has 0 aromatic heterocycles. The molecule has 0 bridgehead atoms. The Kier molecular flexibility index (Phi) is 6.68. The van der Waals surface area contributed by atoms with Gasteiger partial charge in [-0.3, -0.25) is 4.79 Å². The SMILES string of the molecule is CC(C)=CCOc1ccc(C(=O)/C=C/c2cccc(Cl)c2Cl)c(O)c1. The van der Waals surface area contributed by atoms with E-state index in [-0.39, 0.29) is 17.1 Å². The van der Waals surface area contributed by atoms with Crippen molar-refractivity contribution in [2.24, 2.45) is 0 Å². The molecular formula is C20H18Cl2O3. The minimum Gasteiger partial charge on any atom is -0.507 e. The first-order chi connectivity index (χ1) is 11.9. The smallest absolute Gasteiger partial charge is 0.189 e. The van der Waals surface area contributed by atoms with Crippen molar-refractivity contribution in [3.63, 3.8) is 0 Å². The highest BCUT2D eigenvalue weighted by Crippen LogP contribution is 2.28. The number of ether oxygens (including phenoxy) is 1. The van der Waals surface area contributed by atoms with E-state index >= 15 is 0 Å². The number of ketones is 1. The molecule has 0 amide bonds. The fourth-order valence-electron chi connectivity index (χ4n) is 2.02. The zero-order valence-electron chi connectivity index (χ0n) is 13.9. The predicted octanol–water partition coefficient (Wildman–Crippen LogP) is 5.94. The molecule has 0 spiro atoms. The molecule has 0 radical (unpaired) electrons. The largest absolute Gasteiger partial charge is 0.507 e. The molecule has 5 heteroatoms. The van der Waals surface area contributed by atoms with Crippen LogP contribution < -0.4 is 4.74 Å². The minimum absolute atomic E-state index is 0.137. The Morgan fingerprint density at radius 2 is 1.96 bits per heavy atom. The summed E-state index contributed by atoms with van der Waals surface area (Å²) in [6.07, 6.45) is 4.83. The molecule has 2 aromatic carbocycles. The number of halogens is 2. The Balaban J connectivity index is 2.12. The fraction of sp³-hybridized carbons (Fsp3) is 0.150. The first-order valence-electron chi connectivity index (χ1n) is 7.64. The number of phenols is 1. The lowest BCUT2D eigenvalue weighted by Gasteiger charge is -2.06. The van der Waals surface area contributed by atoms with Gasteiger partial charge in [0.2, 0.25) is 0 Å². The number of carbonyl (C=O) groups is 1. The summed E-state index contributed by atoms with van der Waals surface area (Å²) < 4.78 is 5.49. The third-order valence-electron chi connectivity index (χ3n) is 3.37. The maximum Gasteiger partial charge on any atom is 0.189 e. The van der Waals surface area contributed by atoms with Crippen LogP contribution in [0.3, 0.4) is 0 Å². The van der Waals surface area contributed by atoms with E-state index in [1.807, 2.05) is 19.9 Å². The maximum atomic E-state index is 12.3. The summed E-state index contributed by atoms with van der Waals surface area (Å²) in [5.41, 5.74) is 1.95. The zero-order valence-corrected chi connectivity index (χ0v) is 15.4. The molecule has 0 aliphatic heterocycles. The van der Waals surface area contributed by atoms with Gasteiger partial charge < -0.3 is 9.84 Å². The number of hydrogen-bond donors (Lipinski definition) is 1. The van der Waals surface area contributed by atoms with Crippen molar-refractivity contribution in [1.82, 2.24) is 0 Å². The second-order valence-corrected chi connectivity index (χ2v) is 6.40. The molecular weight excluding hydrogens is 359 g/mol. The third-order valence-corrected chi connectivity index (χ3v) is 4.21. The summed E-state index contributed by atoms with van der Waals surface area (Å²) in [6, 6.07) is 9.76. The third kappa shape index (κ3) is 5.38. The van der Waals surface area contributed by atoms with Gasteiger partial charge in [-0.1, -0.05) is 40.9 Å². The van der Waals surface area contributed by atoms with Gasteiger partial charge in [0.15, 0.2) is 5.78 Å². The van der Waals surface area contributed by atoms with E-state index in [4.69, 9.17) is 27.9 Å². The lowest BCUT2D eigenvalue weighted by Crippen LogP contribution is -1.98.